The van der Waals surface area contributed by atoms with Gasteiger partial charge in [0, 0.05) is 56.4 Å². The number of aliphatic hydroxyl groups excluding tert-OH is 2. The molecule has 1 saturated carbocycles. The van der Waals surface area contributed by atoms with Crippen LogP contribution < -0.4 is 5.32 Å². The fraction of sp³-hybridized carbons (Fsp3) is 0.704. The molecule has 34 heavy (non-hydrogen) atoms. The number of fused-ring (bicyclic) bond motifs is 2. The number of hydrogen-bond donors (Lipinski definition) is 3. The molecule has 3 aliphatic rings. The predicted octanol–water partition coefficient (Wildman–Crippen LogP) is 2.56. The Kier molecular flexibility index (Phi) is 8.98. The van der Waals surface area contributed by atoms with Crippen molar-refractivity contribution in [1.82, 2.24) is 15.1 Å². The highest BCUT2D eigenvalue weighted by molar-refractivity contribution is 5.94. The van der Waals surface area contributed by atoms with Crippen LogP contribution in [0.15, 0.2) is 30.3 Å². The van der Waals surface area contributed by atoms with Crippen molar-refractivity contribution in [3.8, 4) is 0 Å². The molecule has 2 unspecified atom stereocenters. The van der Waals surface area contributed by atoms with E-state index in [4.69, 9.17) is 0 Å². The van der Waals surface area contributed by atoms with Crippen molar-refractivity contribution in [2.24, 2.45) is 5.92 Å². The van der Waals surface area contributed by atoms with Crippen molar-refractivity contribution >= 4 is 11.8 Å². The van der Waals surface area contributed by atoms with Crippen molar-refractivity contribution in [2.75, 3.05) is 26.2 Å². The first-order valence-corrected chi connectivity index (χ1v) is 13.2. The van der Waals surface area contributed by atoms with Crippen molar-refractivity contribution in [1.29, 1.82) is 0 Å². The van der Waals surface area contributed by atoms with E-state index < -0.39 is 6.10 Å². The number of amides is 2. The van der Waals surface area contributed by atoms with Gasteiger partial charge in [0.15, 0.2) is 0 Å². The lowest BCUT2D eigenvalue weighted by Crippen LogP contribution is -2.53. The van der Waals surface area contributed by atoms with E-state index in [1.807, 2.05) is 35.2 Å². The minimum atomic E-state index is -1.12. The van der Waals surface area contributed by atoms with Crippen molar-refractivity contribution < 1.29 is 19.8 Å². The van der Waals surface area contributed by atoms with E-state index in [0.717, 1.165) is 45.1 Å². The molecule has 1 aromatic carbocycles. The summed E-state index contributed by atoms with van der Waals surface area (Å²) in [5.41, 5.74) is 0.704. The second-order valence-electron chi connectivity index (χ2n) is 10.4. The maximum Gasteiger partial charge on any atom is 0.251 e. The molecule has 4 rings (SSSR count). The first kappa shape index (κ1) is 25.1. The lowest BCUT2D eigenvalue weighted by atomic mass is 9.89. The molecular formula is C27H41N3O4. The number of piperidine rings is 1. The van der Waals surface area contributed by atoms with Gasteiger partial charge in [0.1, 0.15) is 6.10 Å². The third kappa shape index (κ3) is 6.37. The number of aliphatic hydroxyl groups is 2. The summed E-state index contributed by atoms with van der Waals surface area (Å²) in [5, 5.41) is 22.7. The van der Waals surface area contributed by atoms with E-state index in [0.29, 0.717) is 36.7 Å². The number of nitrogens with one attached hydrogen (secondary N) is 1. The third-order valence-corrected chi connectivity index (χ3v) is 8.09. The number of benzene rings is 1. The number of rotatable bonds is 10. The van der Waals surface area contributed by atoms with Crippen LogP contribution in [0.25, 0.3) is 0 Å². The van der Waals surface area contributed by atoms with E-state index >= 15 is 0 Å². The Balaban J connectivity index is 1.32. The van der Waals surface area contributed by atoms with Gasteiger partial charge in [0.05, 0.1) is 0 Å². The van der Waals surface area contributed by atoms with Crippen molar-refractivity contribution in [3.63, 3.8) is 0 Å². The molecule has 188 valence electrons. The standard InChI is InChI=1S/C27H41N3O4/c31-16-13-25(32)27(34)29(19-20-7-3-1-4-8-20)14-15-30-23-11-12-24(30)18-22(17-23)28-26(33)21-9-5-2-6-10-21/h2,5-6,9-10,20,22-25,31-32H,1,3-4,7-8,11-19H2,(H,28,33)/t22?,23?,24?,25-/m0/s1. The van der Waals surface area contributed by atoms with Crippen LogP contribution in [0.2, 0.25) is 0 Å². The fourth-order valence-corrected chi connectivity index (χ4v) is 6.28. The minimum absolute atomic E-state index is 0.000532. The average molecular weight is 472 g/mol. The molecule has 2 heterocycles. The van der Waals surface area contributed by atoms with Gasteiger partial charge in [0.25, 0.3) is 11.8 Å². The van der Waals surface area contributed by atoms with Gasteiger partial charge in [-0.2, -0.15) is 0 Å². The van der Waals surface area contributed by atoms with E-state index in [9.17, 15) is 19.8 Å². The molecule has 3 fully saturated rings. The molecule has 2 amide bonds. The zero-order valence-electron chi connectivity index (χ0n) is 20.3. The topological polar surface area (TPSA) is 93.1 Å². The van der Waals surface area contributed by atoms with Gasteiger partial charge < -0.3 is 20.4 Å². The summed E-state index contributed by atoms with van der Waals surface area (Å²) in [5.74, 6) is 0.271. The number of hydrogen-bond acceptors (Lipinski definition) is 5. The summed E-state index contributed by atoms with van der Waals surface area (Å²) in [7, 11) is 0. The first-order valence-electron chi connectivity index (χ1n) is 13.2. The van der Waals surface area contributed by atoms with Gasteiger partial charge >= 0.3 is 0 Å². The van der Waals surface area contributed by atoms with Crippen LogP contribution in [0.5, 0.6) is 0 Å². The highest BCUT2D eigenvalue weighted by Crippen LogP contribution is 2.35. The SMILES string of the molecule is O=C(NC1CC2CCC(C1)N2CCN(CC1CCCCC1)C(=O)[C@@H](O)CCO)c1ccccc1. The largest absolute Gasteiger partial charge is 0.396 e. The van der Waals surface area contributed by atoms with Crippen LogP contribution in [-0.4, -0.2) is 82.3 Å². The van der Waals surface area contributed by atoms with Gasteiger partial charge in [-0.1, -0.05) is 37.5 Å². The highest BCUT2D eigenvalue weighted by atomic mass is 16.3. The molecular weight excluding hydrogens is 430 g/mol. The summed E-state index contributed by atoms with van der Waals surface area (Å²) in [6.45, 7) is 1.95. The molecule has 0 aromatic heterocycles. The molecule has 2 aliphatic heterocycles. The smallest absolute Gasteiger partial charge is 0.251 e. The highest BCUT2D eigenvalue weighted by Gasteiger charge is 2.41. The van der Waals surface area contributed by atoms with Crippen LogP contribution in [-0.2, 0) is 4.79 Å². The molecule has 0 radical (unpaired) electrons. The van der Waals surface area contributed by atoms with Crippen LogP contribution in [0.3, 0.4) is 0 Å². The van der Waals surface area contributed by atoms with Crippen molar-refractivity contribution in [3.05, 3.63) is 35.9 Å². The Morgan fingerprint density at radius 3 is 2.35 bits per heavy atom. The Morgan fingerprint density at radius 2 is 1.71 bits per heavy atom. The Bertz CT molecular complexity index is 784. The summed E-state index contributed by atoms with van der Waals surface area (Å²) >= 11 is 0. The fourth-order valence-electron chi connectivity index (χ4n) is 6.28. The summed E-state index contributed by atoms with van der Waals surface area (Å²) < 4.78 is 0. The van der Waals surface area contributed by atoms with E-state index in [1.165, 1.54) is 19.3 Å². The molecule has 3 N–H and O–H groups in total. The number of nitrogens with zero attached hydrogens (tertiary/aromatic N) is 2. The Morgan fingerprint density at radius 1 is 1.03 bits per heavy atom. The van der Waals surface area contributed by atoms with E-state index in [2.05, 4.69) is 10.2 Å². The van der Waals surface area contributed by atoms with Crippen LogP contribution >= 0.6 is 0 Å². The second kappa shape index (κ2) is 12.1. The lowest BCUT2D eigenvalue weighted by molar-refractivity contribution is -0.142. The lowest BCUT2D eigenvalue weighted by Gasteiger charge is -2.40. The molecule has 2 saturated heterocycles. The average Bonchev–Trinajstić information content (AvgIpc) is 3.10. The quantitative estimate of drug-likeness (QED) is 0.488. The van der Waals surface area contributed by atoms with Gasteiger partial charge in [-0.05, 0) is 56.6 Å². The summed E-state index contributed by atoms with van der Waals surface area (Å²) in [4.78, 5) is 30.0. The van der Waals surface area contributed by atoms with Crippen molar-refractivity contribution in [2.45, 2.75) is 88.4 Å². The normalized spacial score (nSPS) is 26.2. The molecule has 7 nitrogen and oxygen atoms in total. The van der Waals surface area contributed by atoms with Crippen LogP contribution in [0.1, 0.15) is 74.6 Å². The maximum absolute atomic E-state index is 13.0. The molecule has 2 bridgehead atoms. The van der Waals surface area contributed by atoms with Gasteiger partial charge in [-0.15, -0.1) is 0 Å². The van der Waals surface area contributed by atoms with E-state index in [-0.39, 0.29) is 30.9 Å². The molecule has 0 spiro atoms. The molecule has 1 aromatic rings. The Hall–Kier alpha value is -1.96. The molecule has 3 atom stereocenters. The molecule has 1 aliphatic carbocycles. The number of carbonyl (C=O) groups is 2. The van der Waals surface area contributed by atoms with E-state index in [1.54, 1.807) is 0 Å². The van der Waals surface area contributed by atoms with Crippen LogP contribution in [0.4, 0.5) is 0 Å². The Labute approximate surface area is 203 Å². The molecule has 7 heteroatoms. The summed E-state index contributed by atoms with van der Waals surface area (Å²) in [6.07, 6.45) is 9.14. The maximum atomic E-state index is 13.0. The number of carbonyl (C=O) groups excluding carboxylic acids is 2. The van der Waals surface area contributed by atoms with Gasteiger partial charge in [-0.25, -0.2) is 0 Å². The third-order valence-electron chi connectivity index (χ3n) is 8.09. The predicted molar refractivity (Wildman–Crippen MR) is 131 cm³/mol. The first-order chi connectivity index (χ1) is 16.5. The van der Waals surface area contributed by atoms with Crippen LogP contribution in [0, 0.1) is 5.92 Å². The summed E-state index contributed by atoms with van der Waals surface area (Å²) in [6, 6.07) is 10.4. The monoisotopic (exact) mass is 471 g/mol. The van der Waals surface area contributed by atoms with Gasteiger partial charge in [0.2, 0.25) is 0 Å². The van der Waals surface area contributed by atoms with Gasteiger partial charge in [-0.3, -0.25) is 14.5 Å². The second-order valence-corrected chi connectivity index (χ2v) is 10.4. The zero-order chi connectivity index (χ0) is 23.9. The minimum Gasteiger partial charge on any atom is -0.396 e. The zero-order valence-corrected chi connectivity index (χ0v) is 20.3.